The van der Waals surface area contributed by atoms with Gasteiger partial charge in [-0.15, -0.1) is 0 Å². The molecule has 0 saturated heterocycles. The zero-order valence-corrected chi connectivity index (χ0v) is 20.8. The monoisotopic (exact) mass is 490 g/mol. The van der Waals surface area contributed by atoms with E-state index in [2.05, 4.69) is 35.7 Å². The molecule has 182 valence electrons. The van der Waals surface area contributed by atoms with Crippen molar-refractivity contribution in [1.82, 2.24) is 9.97 Å². The zero-order valence-electron chi connectivity index (χ0n) is 20.0. The first-order valence-electron chi connectivity index (χ1n) is 11.9. The van der Waals surface area contributed by atoms with Crippen LogP contribution in [0.15, 0.2) is 53.4 Å². The summed E-state index contributed by atoms with van der Waals surface area (Å²) < 4.78 is 9.24. The summed E-state index contributed by atoms with van der Waals surface area (Å²) in [5, 5.41) is 9.26. The van der Waals surface area contributed by atoms with E-state index in [1.54, 1.807) is 18.2 Å². The molecule has 3 fully saturated rings. The lowest BCUT2D eigenvalue weighted by Crippen LogP contribution is -2.54. The third-order valence-electron chi connectivity index (χ3n) is 7.09. The Labute approximate surface area is 209 Å². The summed E-state index contributed by atoms with van der Waals surface area (Å²) in [5.41, 5.74) is 11.1. The summed E-state index contributed by atoms with van der Waals surface area (Å²) in [6.07, 6.45) is 4.96. The van der Waals surface area contributed by atoms with Crippen molar-refractivity contribution in [2.45, 2.75) is 50.5 Å². The number of hydrogen-bond donors (Lipinski definition) is 3. The van der Waals surface area contributed by atoms with E-state index in [-0.39, 0.29) is 11.6 Å². The van der Waals surface area contributed by atoms with Crippen molar-refractivity contribution in [2.24, 2.45) is 17.1 Å². The van der Waals surface area contributed by atoms with Crippen molar-refractivity contribution in [3.63, 3.8) is 0 Å². The van der Waals surface area contributed by atoms with E-state index >= 15 is 0 Å². The fourth-order valence-corrected chi connectivity index (χ4v) is 6.04. The molecule has 1 unspecified atom stereocenters. The molecule has 8 heteroatoms. The Morgan fingerprint density at radius 3 is 2.54 bits per heavy atom. The number of nitrogens with one attached hydrogen (secondary N) is 1. The number of aryl methyl sites for hydroxylation is 2. The number of rotatable bonds is 10. The summed E-state index contributed by atoms with van der Waals surface area (Å²) in [5.74, 6) is 0.825. The van der Waals surface area contributed by atoms with Gasteiger partial charge in [-0.25, -0.2) is 9.78 Å². The highest BCUT2D eigenvalue weighted by atomic mass is 32.2. The van der Waals surface area contributed by atoms with Crippen molar-refractivity contribution in [3.8, 4) is 17.1 Å². The number of anilines is 1. The smallest absolute Gasteiger partial charge is 0.335 e. The summed E-state index contributed by atoms with van der Waals surface area (Å²) in [4.78, 5) is 21.3. The van der Waals surface area contributed by atoms with E-state index in [1.807, 2.05) is 18.2 Å². The highest BCUT2D eigenvalue weighted by Gasteiger charge is 2.56. The maximum absolute atomic E-state index is 11.3. The fourth-order valence-electron chi connectivity index (χ4n) is 5.40. The molecule has 0 amide bonds. The van der Waals surface area contributed by atoms with Crippen LogP contribution < -0.4 is 15.2 Å². The van der Waals surface area contributed by atoms with Crippen LogP contribution in [0.5, 0.6) is 5.88 Å². The first kappa shape index (κ1) is 23.6. The number of nitrogens with zero attached hydrogens (tertiary/aromatic N) is 2. The van der Waals surface area contributed by atoms with Gasteiger partial charge in [-0.1, -0.05) is 24.3 Å². The van der Waals surface area contributed by atoms with E-state index < -0.39 is 5.97 Å². The zero-order chi connectivity index (χ0) is 24.6. The Bertz CT molecular complexity index is 1230. The van der Waals surface area contributed by atoms with E-state index in [1.165, 1.54) is 31.2 Å². The average molecular weight is 491 g/mol. The second-order valence-corrected chi connectivity index (χ2v) is 10.9. The predicted molar refractivity (Wildman–Crippen MR) is 138 cm³/mol. The van der Waals surface area contributed by atoms with Crippen LogP contribution >= 0.6 is 11.9 Å². The fraction of sp³-hybridized carbons (Fsp3) is 0.370. The quantitative estimate of drug-likeness (QED) is 0.321. The van der Waals surface area contributed by atoms with Gasteiger partial charge in [0.1, 0.15) is 6.61 Å². The van der Waals surface area contributed by atoms with Crippen LogP contribution in [0.4, 0.5) is 5.95 Å². The lowest BCUT2D eigenvalue weighted by atomic mass is 9.43. The number of ether oxygens (including phenoxy) is 1. The van der Waals surface area contributed by atoms with Gasteiger partial charge in [-0.3, -0.25) is 4.72 Å². The van der Waals surface area contributed by atoms with Crippen molar-refractivity contribution < 1.29 is 14.6 Å². The van der Waals surface area contributed by atoms with Crippen LogP contribution in [0.3, 0.4) is 0 Å². The molecule has 2 aromatic carbocycles. The van der Waals surface area contributed by atoms with E-state index in [4.69, 9.17) is 15.5 Å². The van der Waals surface area contributed by atoms with E-state index in [0.29, 0.717) is 23.9 Å². The molecule has 3 aliphatic rings. The van der Waals surface area contributed by atoms with Gasteiger partial charge in [-0.2, -0.15) is 4.98 Å². The number of aromatic carboxylic acids is 1. The Morgan fingerprint density at radius 2 is 1.89 bits per heavy atom. The molecular formula is C27H30N4O3S. The molecule has 1 aromatic heterocycles. The number of hydrogen-bond acceptors (Lipinski definition) is 7. The Balaban J connectivity index is 1.36. The molecule has 7 nitrogen and oxygen atoms in total. The van der Waals surface area contributed by atoms with Gasteiger partial charge in [-0.05, 0) is 92.1 Å². The minimum atomic E-state index is -0.966. The molecule has 3 aliphatic carbocycles. The SMILES string of the molecule is Cc1cccc(C)c1-c1cc(OCC(N)CC23CC(C2)C3)nc(NSc2cccc(C(=O)O)c2)n1. The lowest BCUT2D eigenvalue weighted by Gasteiger charge is -2.63. The molecule has 3 saturated carbocycles. The third-order valence-corrected chi connectivity index (χ3v) is 7.86. The molecule has 1 atom stereocenters. The minimum Gasteiger partial charge on any atom is -0.478 e. The van der Waals surface area contributed by atoms with Gasteiger partial charge in [0.2, 0.25) is 11.8 Å². The summed E-state index contributed by atoms with van der Waals surface area (Å²) in [6, 6.07) is 14.7. The second-order valence-electron chi connectivity index (χ2n) is 9.97. The van der Waals surface area contributed by atoms with Crippen molar-refractivity contribution in [2.75, 3.05) is 11.3 Å². The lowest BCUT2D eigenvalue weighted by molar-refractivity contribution is -0.117. The largest absolute Gasteiger partial charge is 0.478 e. The van der Waals surface area contributed by atoms with Gasteiger partial charge in [0.15, 0.2) is 0 Å². The van der Waals surface area contributed by atoms with Crippen LogP contribution in [0, 0.1) is 25.2 Å². The van der Waals surface area contributed by atoms with Crippen LogP contribution in [-0.4, -0.2) is 33.7 Å². The number of aromatic nitrogens is 2. The van der Waals surface area contributed by atoms with Gasteiger partial charge in [0.05, 0.1) is 11.3 Å². The maximum atomic E-state index is 11.3. The topological polar surface area (TPSA) is 110 Å². The number of benzene rings is 2. The molecule has 6 rings (SSSR count). The van der Waals surface area contributed by atoms with Crippen LogP contribution in [0.25, 0.3) is 11.3 Å². The Hall–Kier alpha value is -3.10. The highest BCUT2D eigenvalue weighted by Crippen LogP contribution is 2.66. The molecule has 4 N–H and O–H groups in total. The normalized spacial score (nSPS) is 20.9. The van der Waals surface area contributed by atoms with Crippen LogP contribution in [-0.2, 0) is 0 Å². The average Bonchev–Trinajstić information content (AvgIpc) is 2.78. The maximum Gasteiger partial charge on any atom is 0.335 e. The molecule has 3 aromatic rings. The summed E-state index contributed by atoms with van der Waals surface area (Å²) >= 11 is 1.26. The molecule has 0 spiro atoms. The van der Waals surface area contributed by atoms with Crippen molar-refractivity contribution >= 4 is 23.9 Å². The predicted octanol–water partition coefficient (Wildman–Crippen LogP) is 5.47. The first-order chi connectivity index (χ1) is 16.8. The van der Waals surface area contributed by atoms with Gasteiger partial charge in [0, 0.05) is 22.6 Å². The standard InChI is InChI=1S/C27H30N4O3S/c1-16-5-3-6-17(2)24(16)22-10-23(34-15-20(28)14-27-11-18(12-27)13-27)30-26(29-22)31-35-21-8-4-7-19(9-21)25(32)33/h3-10,18,20H,11-15,28H2,1-2H3,(H,32,33)(H,29,30,31). The number of nitrogens with two attached hydrogens (primary N) is 1. The second kappa shape index (κ2) is 9.51. The molecule has 1 heterocycles. The summed E-state index contributed by atoms with van der Waals surface area (Å²) in [6.45, 7) is 4.52. The first-order valence-corrected chi connectivity index (χ1v) is 12.7. The molecule has 35 heavy (non-hydrogen) atoms. The highest BCUT2D eigenvalue weighted by molar-refractivity contribution is 8.00. The van der Waals surface area contributed by atoms with Gasteiger partial charge >= 0.3 is 5.97 Å². The third kappa shape index (κ3) is 5.13. The molecular weight excluding hydrogens is 460 g/mol. The molecule has 0 aliphatic heterocycles. The van der Waals surface area contributed by atoms with Gasteiger partial charge in [0.25, 0.3) is 0 Å². The number of carboxylic acid groups (broad SMARTS) is 1. The number of carbonyl (C=O) groups is 1. The molecule has 0 radical (unpaired) electrons. The summed E-state index contributed by atoms with van der Waals surface area (Å²) in [7, 11) is 0. The number of carboxylic acids is 1. The Kier molecular flexibility index (Phi) is 6.42. The minimum absolute atomic E-state index is 0.0283. The Morgan fingerprint density at radius 1 is 1.17 bits per heavy atom. The van der Waals surface area contributed by atoms with Crippen LogP contribution in [0.1, 0.15) is 47.2 Å². The van der Waals surface area contributed by atoms with E-state index in [9.17, 15) is 9.90 Å². The van der Waals surface area contributed by atoms with E-state index in [0.717, 1.165) is 39.6 Å². The van der Waals surface area contributed by atoms with Gasteiger partial charge < -0.3 is 15.6 Å². The van der Waals surface area contributed by atoms with Crippen molar-refractivity contribution in [3.05, 3.63) is 65.2 Å². The molecule has 2 bridgehead atoms. The van der Waals surface area contributed by atoms with Crippen LogP contribution in [0.2, 0.25) is 0 Å². The van der Waals surface area contributed by atoms with Crippen molar-refractivity contribution in [1.29, 1.82) is 0 Å².